The molecule has 1 heterocycles. The number of anilines is 1. The van der Waals surface area contributed by atoms with Crippen molar-refractivity contribution in [3.05, 3.63) is 24.0 Å². The van der Waals surface area contributed by atoms with Gasteiger partial charge in [0.15, 0.2) is 5.13 Å². The third-order valence-corrected chi connectivity index (χ3v) is 3.93. The third kappa shape index (κ3) is 3.42. The predicted octanol–water partition coefficient (Wildman–Crippen LogP) is 4.82. The van der Waals surface area contributed by atoms with E-state index in [0.29, 0.717) is 6.04 Å². The van der Waals surface area contributed by atoms with Gasteiger partial charge in [-0.1, -0.05) is 37.5 Å². The molecule has 1 unspecified atom stereocenters. The minimum atomic E-state index is -0.227. The summed E-state index contributed by atoms with van der Waals surface area (Å²) in [6, 6.07) is 5.17. The monoisotopic (exact) mass is 266 g/mol. The lowest BCUT2D eigenvalue weighted by Gasteiger charge is -2.11. The maximum absolute atomic E-state index is 13.1. The number of rotatable bonds is 6. The van der Waals surface area contributed by atoms with Crippen LogP contribution in [0.2, 0.25) is 0 Å². The Bertz CT molecular complexity index is 509. The summed E-state index contributed by atoms with van der Waals surface area (Å²) >= 11 is 1.58. The van der Waals surface area contributed by atoms with Gasteiger partial charge in [-0.25, -0.2) is 9.37 Å². The number of hydrogen-bond donors (Lipinski definition) is 1. The van der Waals surface area contributed by atoms with Crippen LogP contribution in [0.15, 0.2) is 18.2 Å². The summed E-state index contributed by atoms with van der Waals surface area (Å²) in [6.07, 6.45) is 4.91. The van der Waals surface area contributed by atoms with Crippen LogP contribution >= 0.6 is 11.3 Å². The summed E-state index contributed by atoms with van der Waals surface area (Å²) in [5.41, 5.74) is 0.739. The molecule has 0 aliphatic rings. The van der Waals surface area contributed by atoms with Gasteiger partial charge in [0.25, 0.3) is 0 Å². The number of benzene rings is 1. The van der Waals surface area contributed by atoms with E-state index in [1.54, 1.807) is 17.4 Å². The van der Waals surface area contributed by atoms with Crippen LogP contribution in [0, 0.1) is 5.82 Å². The number of thiazole rings is 1. The van der Waals surface area contributed by atoms with Gasteiger partial charge in [0.05, 0.1) is 10.2 Å². The molecule has 0 aliphatic heterocycles. The summed E-state index contributed by atoms with van der Waals surface area (Å²) in [4.78, 5) is 4.41. The van der Waals surface area contributed by atoms with Crippen LogP contribution in [0.3, 0.4) is 0 Å². The van der Waals surface area contributed by atoms with Crippen molar-refractivity contribution in [2.24, 2.45) is 0 Å². The Hall–Kier alpha value is -1.16. The van der Waals surface area contributed by atoms with Crippen LogP contribution in [0.25, 0.3) is 10.2 Å². The first-order valence-corrected chi connectivity index (χ1v) is 7.33. The third-order valence-electron chi connectivity index (χ3n) is 2.96. The van der Waals surface area contributed by atoms with Crippen molar-refractivity contribution in [2.45, 2.75) is 45.6 Å². The fourth-order valence-corrected chi connectivity index (χ4v) is 2.90. The first-order chi connectivity index (χ1) is 8.69. The number of aromatic nitrogens is 1. The molecule has 0 amide bonds. The highest BCUT2D eigenvalue weighted by Gasteiger charge is 2.07. The molecule has 1 aromatic heterocycles. The molecule has 0 spiro atoms. The molecule has 1 N–H and O–H groups in total. The molecule has 2 nitrogen and oxygen atoms in total. The van der Waals surface area contributed by atoms with E-state index in [9.17, 15) is 4.39 Å². The van der Waals surface area contributed by atoms with Crippen LogP contribution in [0.1, 0.15) is 39.5 Å². The second-order valence-corrected chi connectivity index (χ2v) is 5.70. The minimum absolute atomic E-state index is 0.227. The van der Waals surface area contributed by atoms with Gasteiger partial charge >= 0.3 is 0 Å². The number of nitrogens with zero attached hydrogens (tertiary/aromatic N) is 1. The lowest BCUT2D eigenvalue weighted by molar-refractivity contribution is 0.615. The minimum Gasteiger partial charge on any atom is -0.359 e. The molecule has 0 fully saturated rings. The standard InChI is InChI=1S/C14H19FN2S/c1-3-4-5-6-10(2)16-14-17-12-9-11(15)7-8-13(12)18-14/h7-10H,3-6H2,1-2H3,(H,16,17). The van der Waals surface area contributed by atoms with E-state index in [1.165, 1.54) is 31.4 Å². The molecule has 0 saturated carbocycles. The zero-order valence-electron chi connectivity index (χ0n) is 10.9. The van der Waals surface area contributed by atoms with Gasteiger partial charge in [-0.2, -0.15) is 0 Å². The van der Waals surface area contributed by atoms with Crippen molar-refractivity contribution in [3.8, 4) is 0 Å². The number of unbranched alkanes of at least 4 members (excludes halogenated alkanes) is 2. The van der Waals surface area contributed by atoms with Crippen molar-refractivity contribution < 1.29 is 4.39 Å². The average molecular weight is 266 g/mol. The van der Waals surface area contributed by atoms with Gasteiger partial charge in [0.2, 0.25) is 0 Å². The first kappa shape index (κ1) is 13.3. The highest BCUT2D eigenvalue weighted by Crippen LogP contribution is 2.27. The van der Waals surface area contributed by atoms with Crippen LogP contribution < -0.4 is 5.32 Å². The van der Waals surface area contributed by atoms with Gasteiger partial charge in [-0.05, 0) is 25.5 Å². The average Bonchev–Trinajstić information content (AvgIpc) is 2.70. The Morgan fingerprint density at radius 1 is 1.39 bits per heavy atom. The van der Waals surface area contributed by atoms with Crippen molar-refractivity contribution in [3.63, 3.8) is 0 Å². The van der Waals surface area contributed by atoms with E-state index in [4.69, 9.17) is 0 Å². The SMILES string of the molecule is CCCCCC(C)Nc1nc2cc(F)ccc2s1. The van der Waals surface area contributed by atoms with Crippen molar-refractivity contribution in [1.29, 1.82) is 0 Å². The molecular formula is C14H19FN2S. The highest BCUT2D eigenvalue weighted by molar-refractivity contribution is 7.22. The predicted molar refractivity (Wildman–Crippen MR) is 76.8 cm³/mol. The summed E-state index contributed by atoms with van der Waals surface area (Å²) < 4.78 is 14.1. The molecule has 0 radical (unpaired) electrons. The molecule has 0 bridgehead atoms. The van der Waals surface area contributed by atoms with Gasteiger partial charge in [-0.3, -0.25) is 0 Å². The molecule has 0 saturated heterocycles. The van der Waals surface area contributed by atoms with Crippen molar-refractivity contribution in [2.75, 3.05) is 5.32 Å². The number of nitrogens with one attached hydrogen (secondary N) is 1. The summed E-state index contributed by atoms with van der Waals surface area (Å²) in [6.45, 7) is 4.38. The summed E-state index contributed by atoms with van der Waals surface area (Å²) in [7, 11) is 0. The second kappa shape index (κ2) is 6.14. The normalized spacial score (nSPS) is 12.8. The van der Waals surface area contributed by atoms with E-state index in [1.807, 2.05) is 0 Å². The lowest BCUT2D eigenvalue weighted by Crippen LogP contribution is -2.14. The van der Waals surface area contributed by atoms with Crippen LogP contribution in [0.4, 0.5) is 9.52 Å². The molecule has 1 aromatic carbocycles. The van der Waals surface area contributed by atoms with Gasteiger partial charge < -0.3 is 5.32 Å². The molecule has 98 valence electrons. The van der Waals surface area contributed by atoms with Crippen LogP contribution in [-0.4, -0.2) is 11.0 Å². The number of halogens is 1. The Labute approximate surface area is 111 Å². The van der Waals surface area contributed by atoms with Crippen LogP contribution in [0.5, 0.6) is 0 Å². The Morgan fingerprint density at radius 2 is 2.22 bits per heavy atom. The topological polar surface area (TPSA) is 24.9 Å². The quantitative estimate of drug-likeness (QED) is 0.758. The van der Waals surface area contributed by atoms with Crippen LogP contribution in [-0.2, 0) is 0 Å². The van der Waals surface area contributed by atoms with E-state index in [0.717, 1.165) is 21.8 Å². The Morgan fingerprint density at radius 3 is 3.00 bits per heavy atom. The molecular weight excluding hydrogens is 247 g/mol. The van der Waals surface area contributed by atoms with Crippen molar-refractivity contribution in [1.82, 2.24) is 4.98 Å². The zero-order chi connectivity index (χ0) is 13.0. The molecule has 2 rings (SSSR count). The van der Waals surface area contributed by atoms with E-state index >= 15 is 0 Å². The fourth-order valence-electron chi connectivity index (χ4n) is 1.95. The summed E-state index contributed by atoms with van der Waals surface area (Å²) in [5, 5.41) is 4.28. The molecule has 4 heteroatoms. The largest absolute Gasteiger partial charge is 0.359 e. The molecule has 0 aliphatic carbocycles. The Kier molecular flexibility index (Phi) is 4.53. The van der Waals surface area contributed by atoms with E-state index in [-0.39, 0.29) is 5.82 Å². The lowest BCUT2D eigenvalue weighted by atomic mass is 10.1. The second-order valence-electron chi connectivity index (χ2n) is 4.67. The van der Waals surface area contributed by atoms with Gasteiger partial charge in [-0.15, -0.1) is 0 Å². The summed E-state index contributed by atoms with van der Waals surface area (Å²) in [5.74, 6) is -0.227. The molecule has 2 aromatic rings. The first-order valence-electron chi connectivity index (χ1n) is 6.51. The van der Waals surface area contributed by atoms with Gasteiger partial charge in [0, 0.05) is 12.1 Å². The highest BCUT2D eigenvalue weighted by atomic mass is 32.1. The number of hydrogen-bond acceptors (Lipinski definition) is 3. The zero-order valence-corrected chi connectivity index (χ0v) is 11.7. The molecule has 1 atom stereocenters. The Balaban J connectivity index is 1.98. The smallest absolute Gasteiger partial charge is 0.184 e. The fraction of sp³-hybridized carbons (Fsp3) is 0.500. The van der Waals surface area contributed by atoms with E-state index < -0.39 is 0 Å². The van der Waals surface area contributed by atoms with E-state index in [2.05, 4.69) is 24.1 Å². The van der Waals surface area contributed by atoms with Crippen molar-refractivity contribution >= 4 is 26.7 Å². The van der Waals surface area contributed by atoms with Gasteiger partial charge in [0.1, 0.15) is 5.82 Å². The molecule has 18 heavy (non-hydrogen) atoms. The maximum Gasteiger partial charge on any atom is 0.184 e. The number of fused-ring (bicyclic) bond motifs is 1. The maximum atomic E-state index is 13.1.